The Morgan fingerprint density at radius 2 is 1.76 bits per heavy atom. The van der Waals surface area contributed by atoms with Crippen molar-refractivity contribution in [1.29, 1.82) is 0 Å². The average molecular weight is 526 g/mol. The number of para-hydroxylation sites is 1. The van der Waals surface area contributed by atoms with Gasteiger partial charge in [0.1, 0.15) is 0 Å². The van der Waals surface area contributed by atoms with Gasteiger partial charge < -0.3 is 15.2 Å². The van der Waals surface area contributed by atoms with E-state index < -0.39 is 17.6 Å². The molecule has 5 nitrogen and oxygen atoms in total. The first kappa shape index (κ1) is 26.3. The summed E-state index contributed by atoms with van der Waals surface area (Å²) in [7, 11) is 0. The van der Waals surface area contributed by atoms with Gasteiger partial charge in [-0.25, -0.2) is 0 Å². The molecule has 9 heteroatoms. The van der Waals surface area contributed by atoms with Crippen LogP contribution in [0, 0.1) is 13.8 Å². The molecule has 0 aliphatic rings. The Morgan fingerprint density at radius 3 is 2.54 bits per heavy atom. The predicted octanol–water partition coefficient (Wildman–Crippen LogP) is 6.44. The highest BCUT2D eigenvalue weighted by Crippen LogP contribution is 2.31. The molecular weight excluding hydrogens is 499 g/mol. The molecule has 2 amide bonds. The number of hydrogen-bond donors (Lipinski definition) is 2. The number of thioether (sulfide) groups is 1. The third-order valence-electron chi connectivity index (χ3n) is 5.87. The zero-order chi connectivity index (χ0) is 26.6. The smallest absolute Gasteiger partial charge is 0.350 e. The number of fused-ring (bicyclic) bond motifs is 1. The second-order valence-corrected chi connectivity index (χ2v) is 9.71. The molecule has 0 spiro atoms. The molecule has 0 radical (unpaired) electrons. The van der Waals surface area contributed by atoms with Crippen molar-refractivity contribution in [3.05, 3.63) is 95.2 Å². The lowest BCUT2D eigenvalue weighted by molar-refractivity contribution is -0.137. The summed E-state index contributed by atoms with van der Waals surface area (Å²) in [4.78, 5) is 25.9. The van der Waals surface area contributed by atoms with Gasteiger partial charge in [0.25, 0.3) is 5.91 Å². The number of hydrogen-bond acceptors (Lipinski definition) is 3. The minimum absolute atomic E-state index is 0.0432. The first-order valence-electron chi connectivity index (χ1n) is 11.6. The summed E-state index contributed by atoms with van der Waals surface area (Å²) in [5.74, 6) is -0.447. The van der Waals surface area contributed by atoms with Crippen molar-refractivity contribution in [2.45, 2.75) is 31.5 Å². The quantitative estimate of drug-likeness (QED) is 0.260. The van der Waals surface area contributed by atoms with Gasteiger partial charge >= 0.3 is 6.18 Å². The lowest BCUT2D eigenvalue weighted by atomic mass is 10.1. The second kappa shape index (κ2) is 11.1. The van der Waals surface area contributed by atoms with Crippen LogP contribution in [0.5, 0.6) is 0 Å². The first-order valence-corrected chi connectivity index (χ1v) is 12.6. The van der Waals surface area contributed by atoms with E-state index in [0.717, 1.165) is 44.7 Å². The molecule has 37 heavy (non-hydrogen) atoms. The van der Waals surface area contributed by atoms with Crippen molar-refractivity contribution >= 4 is 40.2 Å². The van der Waals surface area contributed by atoms with Gasteiger partial charge in [0.15, 0.2) is 0 Å². The highest BCUT2D eigenvalue weighted by atomic mass is 32.2. The van der Waals surface area contributed by atoms with Gasteiger partial charge in [-0.1, -0.05) is 36.4 Å². The summed E-state index contributed by atoms with van der Waals surface area (Å²) in [6.45, 7) is 4.56. The molecule has 3 aromatic carbocycles. The Kier molecular flexibility index (Phi) is 7.92. The van der Waals surface area contributed by atoms with E-state index >= 15 is 0 Å². The molecule has 0 aliphatic heterocycles. The molecule has 0 unspecified atom stereocenters. The fraction of sp³-hybridized carbons (Fsp3) is 0.214. The number of aromatic nitrogens is 1. The molecule has 2 N–H and O–H groups in total. The maximum Gasteiger partial charge on any atom is 0.416 e. The third kappa shape index (κ3) is 6.54. The van der Waals surface area contributed by atoms with Gasteiger partial charge in [-0.15, -0.1) is 11.8 Å². The van der Waals surface area contributed by atoms with Crippen molar-refractivity contribution < 1.29 is 22.8 Å². The van der Waals surface area contributed by atoms with Crippen LogP contribution in [0.15, 0.2) is 77.8 Å². The maximum atomic E-state index is 12.9. The van der Waals surface area contributed by atoms with Crippen LogP contribution in [-0.4, -0.2) is 28.7 Å². The van der Waals surface area contributed by atoms with Crippen molar-refractivity contribution in [2.24, 2.45) is 0 Å². The van der Waals surface area contributed by atoms with E-state index in [1.807, 2.05) is 67.1 Å². The lowest BCUT2D eigenvalue weighted by Gasteiger charge is -2.10. The van der Waals surface area contributed by atoms with Gasteiger partial charge in [-0.05, 0) is 55.3 Å². The van der Waals surface area contributed by atoms with E-state index in [0.29, 0.717) is 6.54 Å². The van der Waals surface area contributed by atoms with Gasteiger partial charge in [0, 0.05) is 46.3 Å². The fourth-order valence-corrected chi connectivity index (χ4v) is 4.83. The number of anilines is 1. The third-order valence-corrected chi connectivity index (χ3v) is 6.91. The Bertz CT molecular complexity index is 1450. The van der Waals surface area contributed by atoms with Crippen LogP contribution in [0.1, 0.15) is 27.0 Å². The van der Waals surface area contributed by atoms with E-state index in [9.17, 15) is 22.8 Å². The molecule has 4 rings (SSSR count). The molecule has 0 bridgehead atoms. The molecule has 1 aromatic heterocycles. The van der Waals surface area contributed by atoms with Crippen LogP contribution >= 0.6 is 11.8 Å². The van der Waals surface area contributed by atoms with Crippen LogP contribution in [0.3, 0.4) is 0 Å². The van der Waals surface area contributed by atoms with Crippen molar-refractivity contribution in [1.82, 2.24) is 9.88 Å². The molecule has 0 fully saturated rings. The summed E-state index contributed by atoms with van der Waals surface area (Å²) in [5.41, 5.74) is 2.89. The van der Waals surface area contributed by atoms with E-state index in [-0.39, 0.29) is 23.8 Å². The topological polar surface area (TPSA) is 63.1 Å². The number of aryl methyl sites for hydroxylation is 2. The normalized spacial score (nSPS) is 11.5. The number of carbonyl (C=O) groups excluding carboxylic acids is 2. The number of nitrogens with one attached hydrogen (secondary N) is 2. The second-order valence-electron chi connectivity index (χ2n) is 8.69. The summed E-state index contributed by atoms with van der Waals surface area (Å²) in [5, 5.41) is 6.64. The number of amides is 2. The molecule has 0 aliphatic carbocycles. The summed E-state index contributed by atoms with van der Waals surface area (Å²) < 4.78 is 40.8. The van der Waals surface area contributed by atoms with E-state index in [4.69, 9.17) is 0 Å². The Hall–Kier alpha value is -3.72. The summed E-state index contributed by atoms with van der Waals surface area (Å²) in [6.07, 6.45) is -2.58. The van der Waals surface area contributed by atoms with E-state index in [1.165, 1.54) is 23.9 Å². The van der Waals surface area contributed by atoms with Crippen LogP contribution in [-0.2, 0) is 17.5 Å². The molecule has 0 saturated carbocycles. The first-order chi connectivity index (χ1) is 17.6. The molecular formula is C28H26F3N3O2S. The average Bonchev–Trinajstić information content (AvgIpc) is 3.22. The number of nitrogens with zero attached hydrogens (tertiary/aromatic N) is 1. The molecule has 0 saturated heterocycles. The number of rotatable bonds is 8. The van der Waals surface area contributed by atoms with E-state index in [2.05, 4.69) is 10.6 Å². The maximum absolute atomic E-state index is 12.9. The lowest BCUT2D eigenvalue weighted by Crippen LogP contribution is -2.27. The number of alkyl halides is 3. The molecule has 192 valence electrons. The fourth-order valence-electron chi connectivity index (χ4n) is 3.94. The number of halogens is 3. The van der Waals surface area contributed by atoms with Gasteiger partial charge in [-0.3, -0.25) is 9.59 Å². The van der Waals surface area contributed by atoms with Gasteiger partial charge in [-0.2, -0.15) is 13.2 Å². The predicted molar refractivity (Wildman–Crippen MR) is 141 cm³/mol. The number of benzene rings is 3. The van der Waals surface area contributed by atoms with Crippen molar-refractivity contribution in [3.63, 3.8) is 0 Å². The zero-order valence-electron chi connectivity index (χ0n) is 20.4. The molecule has 1 heterocycles. The molecule has 4 aromatic rings. The molecule has 0 atom stereocenters. The SMILES string of the molecule is Cc1ccc(C)c(NC(=O)CSc2cn(CCNC(=O)c3cccc(C(F)(F)F)c3)c3ccccc23)c1. The summed E-state index contributed by atoms with van der Waals surface area (Å²) >= 11 is 1.42. The monoisotopic (exact) mass is 525 g/mol. The van der Waals surface area contributed by atoms with Gasteiger partial charge in [0.05, 0.1) is 11.3 Å². The highest BCUT2D eigenvalue weighted by molar-refractivity contribution is 8.00. The Balaban J connectivity index is 1.39. The standard InChI is InChI=1S/C28H26F3N3O2S/c1-18-10-11-19(2)23(14-18)33-26(35)17-37-25-16-34(24-9-4-3-8-22(24)25)13-12-32-27(36)20-6-5-7-21(15-20)28(29,30)31/h3-11,14-16H,12-13,17H2,1-2H3,(H,32,36)(H,33,35). The van der Waals surface area contributed by atoms with Crippen molar-refractivity contribution in [3.8, 4) is 0 Å². The van der Waals surface area contributed by atoms with Crippen molar-refractivity contribution in [2.75, 3.05) is 17.6 Å². The minimum Gasteiger partial charge on any atom is -0.350 e. The van der Waals surface area contributed by atoms with E-state index in [1.54, 1.807) is 0 Å². The summed E-state index contributed by atoms with van der Waals surface area (Å²) in [6, 6.07) is 18.0. The van der Waals surface area contributed by atoms with Crippen LogP contribution in [0.2, 0.25) is 0 Å². The zero-order valence-corrected chi connectivity index (χ0v) is 21.2. The highest BCUT2D eigenvalue weighted by Gasteiger charge is 2.30. The minimum atomic E-state index is -4.51. The van der Waals surface area contributed by atoms with Crippen LogP contribution in [0.4, 0.5) is 18.9 Å². The van der Waals surface area contributed by atoms with Gasteiger partial charge in [0.2, 0.25) is 5.91 Å². The number of carbonyl (C=O) groups is 2. The van der Waals surface area contributed by atoms with Crippen LogP contribution < -0.4 is 10.6 Å². The Morgan fingerprint density at radius 1 is 0.973 bits per heavy atom. The Labute approximate surface area is 217 Å². The largest absolute Gasteiger partial charge is 0.416 e. The van der Waals surface area contributed by atoms with Crippen LogP contribution in [0.25, 0.3) is 10.9 Å².